The molecule has 2 N–H and O–H groups in total. The number of benzene rings is 1. The molecule has 1 heterocycles. The first-order chi connectivity index (χ1) is 17.6. The second kappa shape index (κ2) is 8.43. The van der Waals surface area contributed by atoms with Gasteiger partial charge >= 0.3 is 12.0 Å². The highest BCUT2D eigenvalue weighted by molar-refractivity contribution is 5.80. The van der Waals surface area contributed by atoms with Gasteiger partial charge in [-0.05, 0) is 85.0 Å². The molecule has 2 fully saturated rings. The van der Waals surface area contributed by atoms with Gasteiger partial charge < -0.3 is 15.4 Å². The van der Waals surface area contributed by atoms with Gasteiger partial charge in [0.25, 0.3) is 5.69 Å². The molecule has 8 heteroatoms. The van der Waals surface area contributed by atoms with E-state index < -0.39 is 4.92 Å². The van der Waals surface area contributed by atoms with Crippen molar-refractivity contribution in [3.05, 3.63) is 62.9 Å². The number of rotatable bonds is 3. The third kappa shape index (κ3) is 3.70. The Balaban J connectivity index is 1.30. The summed E-state index contributed by atoms with van der Waals surface area (Å²) in [6.45, 7) is 6.25. The first kappa shape index (κ1) is 24.2. The van der Waals surface area contributed by atoms with Gasteiger partial charge in [0.2, 0.25) is 0 Å². The quantitative estimate of drug-likeness (QED) is 0.237. The van der Waals surface area contributed by atoms with Crippen LogP contribution in [0.25, 0.3) is 0 Å². The van der Waals surface area contributed by atoms with Crippen molar-refractivity contribution >= 4 is 17.7 Å². The fourth-order valence-corrected chi connectivity index (χ4v) is 8.60. The van der Waals surface area contributed by atoms with Gasteiger partial charge in [0.15, 0.2) is 0 Å². The minimum absolute atomic E-state index is 0.00793. The molecular weight excluding hydrogens is 470 g/mol. The molecule has 1 aliphatic heterocycles. The van der Waals surface area contributed by atoms with Gasteiger partial charge in [0.1, 0.15) is 6.10 Å². The molecule has 1 unspecified atom stereocenters. The topological polar surface area (TPSA) is 111 Å². The molecule has 2 amide bonds. The molecule has 0 aromatic heterocycles. The van der Waals surface area contributed by atoms with Crippen LogP contribution < -0.4 is 10.6 Å². The van der Waals surface area contributed by atoms with Crippen molar-refractivity contribution in [1.82, 2.24) is 10.6 Å². The Morgan fingerprint density at radius 3 is 2.51 bits per heavy atom. The molecule has 4 aliphatic carbocycles. The standard InChI is InChI=1S/C29H35N3O5/c1-16(33)37-20-10-12-28(2)18(14-20)6-9-21-23(28)11-13-29(3)24(21)15-22-25(30-27(34)31-26(22)29)17-4-7-19(8-5-17)32(35)36/h4-8,20-21,23-25H,9-15H2,1-3H3,(H2,30,31,34)/t20-,21+,23-,24-,25?,28-,29-/m0/s1. The van der Waals surface area contributed by atoms with Crippen LogP contribution in [-0.4, -0.2) is 23.0 Å². The number of hydrogen-bond donors (Lipinski definition) is 2. The van der Waals surface area contributed by atoms with Gasteiger partial charge in [-0.25, -0.2) is 4.79 Å². The minimum Gasteiger partial charge on any atom is -0.462 e. The van der Waals surface area contributed by atoms with Gasteiger partial charge in [-0.15, -0.1) is 0 Å². The smallest absolute Gasteiger partial charge is 0.319 e. The summed E-state index contributed by atoms with van der Waals surface area (Å²) in [5, 5.41) is 17.4. The van der Waals surface area contributed by atoms with Crippen LogP contribution in [0.15, 0.2) is 47.2 Å². The second-order valence-electron chi connectivity index (χ2n) is 12.2. The number of nitrogens with one attached hydrogen (secondary N) is 2. The molecule has 5 aliphatic rings. The van der Waals surface area contributed by atoms with E-state index in [2.05, 4.69) is 30.6 Å². The zero-order valence-corrected chi connectivity index (χ0v) is 21.7. The first-order valence-corrected chi connectivity index (χ1v) is 13.5. The molecule has 2 saturated carbocycles. The maximum atomic E-state index is 12.8. The zero-order valence-electron chi connectivity index (χ0n) is 21.7. The molecule has 196 valence electrons. The molecule has 7 atom stereocenters. The van der Waals surface area contributed by atoms with Crippen molar-refractivity contribution in [2.45, 2.75) is 77.9 Å². The lowest BCUT2D eigenvalue weighted by atomic mass is 9.48. The van der Waals surface area contributed by atoms with Crippen molar-refractivity contribution in [2.24, 2.45) is 28.6 Å². The monoisotopic (exact) mass is 505 g/mol. The highest BCUT2D eigenvalue weighted by Crippen LogP contribution is 2.66. The van der Waals surface area contributed by atoms with Crippen LogP contribution in [0.4, 0.5) is 10.5 Å². The summed E-state index contributed by atoms with van der Waals surface area (Å²) in [5.41, 5.74) is 4.72. The molecule has 0 saturated heterocycles. The van der Waals surface area contributed by atoms with Crippen molar-refractivity contribution < 1.29 is 19.2 Å². The Kier molecular flexibility index (Phi) is 5.51. The molecule has 0 spiro atoms. The number of hydrogen-bond acceptors (Lipinski definition) is 5. The van der Waals surface area contributed by atoms with E-state index in [4.69, 9.17) is 4.74 Å². The Labute approximate surface area is 217 Å². The third-order valence-electron chi connectivity index (χ3n) is 10.4. The number of urea groups is 1. The van der Waals surface area contributed by atoms with Crippen molar-refractivity contribution in [1.29, 1.82) is 0 Å². The summed E-state index contributed by atoms with van der Waals surface area (Å²) in [6, 6.07) is 6.10. The second-order valence-corrected chi connectivity index (χ2v) is 12.2. The summed E-state index contributed by atoms with van der Waals surface area (Å²) in [7, 11) is 0. The maximum absolute atomic E-state index is 12.8. The maximum Gasteiger partial charge on any atom is 0.319 e. The normalized spacial score (nSPS) is 38.2. The minimum atomic E-state index is -0.397. The number of nitro benzene ring substituents is 1. The van der Waals surface area contributed by atoms with Crippen LogP contribution in [0.3, 0.4) is 0 Å². The number of fused-ring (bicyclic) bond motifs is 6. The fourth-order valence-electron chi connectivity index (χ4n) is 8.60. The van der Waals surface area contributed by atoms with Crippen LogP contribution in [0.5, 0.6) is 0 Å². The average Bonchev–Trinajstić information content (AvgIpc) is 3.16. The largest absolute Gasteiger partial charge is 0.462 e. The average molecular weight is 506 g/mol. The summed E-state index contributed by atoms with van der Waals surface area (Å²) in [6.07, 6.45) is 9.31. The Hall–Kier alpha value is -3.16. The van der Waals surface area contributed by atoms with Crippen LogP contribution in [0.2, 0.25) is 0 Å². The van der Waals surface area contributed by atoms with E-state index in [9.17, 15) is 19.7 Å². The van der Waals surface area contributed by atoms with E-state index in [0.29, 0.717) is 17.8 Å². The third-order valence-corrected chi connectivity index (χ3v) is 10.4. The van der Waals surface area contributed by atoms with E-state index in [1.54, 1.807) is 12.1 Å². The van der Waals surface area contributed by atoms with Crippen molar-refractivity contribution in [2.75, 3.05) is 0 Å². The number of carbonyl (C=O) groups is 2. The van der Waals surface area contributed by atoms with Gasteiger partial charge in [-0.2, -0.15) is 0 Å². The van der Waals surface area contributed by atoms with Crippen LogP contribution in [0, 0.1) is 38.7 Å². The highest BCUT2D eigenvalue weighted by atomic mass is 16.6. The molecule has 37 heavy (non-hydrogen) atoms. The number of allylic oxidation sites excluding steroid dienone is 2. The number of non-ortho nitro benzene ring substituents is 1. The summed E-state index contributed by atoms with van der Waals surface area (Å²) in [5.74, 6) is 1.33. The van der Waals surface area contributed by atoms with Crippen LogP contribution in [-0.2, 0) is 9.53 Å². The van der Waals surface area contributed by atoms with Crippen LogP contribution in [0.1, 0.15) is 77.3 Å². The van der Waals surface area contributed by atoms with E-state index in [-0.39, 0.29) is 40.7 Å². The number of nitrogens with zero attached hydrogens (tertiary/aromatic N) is 1. The Morgan fingerprint density at radius 1 is 1.08 bits per heavy atom. The molecule has 1 aromatic rings. The lowest BCUT2D eigenvalue weighted by molar-refractivity contribution is -0.384. The van der Waals surface area contributed by atoms with Gasteiger partial charge in [-0.3, -0.25) is 14.9 Å². The molecule has 6 rings (SSSR count). The number of nitro groups is 1. The summed E-state index contributed by atoms with van der Waals surface area (Å²) in [4.78, 5) is 35.1. The predicted octanol–water partition coefficient (Wildman–Crippen LogP) is 5.71. The predicted molar refractivity (Wildman–Crippen MR) is 137 cm³/mol. The Morgan fingerprint density at radius 2 is 1.81 bits per heavy atom. The van der Waals surface area contributed by atoms with E-state index in [1.807, 2.05) is 0 Å². The molecule has 0 bridgehead atoms. The SMILES string of the molecule is CC(=O)O[C@H]1CC[C@@]2(C)C(=CC[C@@H]3[C@@H]2CC[C@]2(C)C4=C(C[C@@H]32)C(c2ccc([N+](=O)[O-])cc2)NC(=O)N4)C1. The van der Waals surface area contributed by atoms with E-state index in [0.717, 1.165) is 56.2 Å². The molecule has 0 radical (unpaired) electrons. The number of esters is 1. The number of carbonyl (C=O) groups excluding carboxylic acids is 2. The molecule has 1 aromatic carbocycles. The fraction of sp³-hybridized carbons (Fsp3) is 0.586. The first-order valence-electron chi connectivity index (χ1n) is 13.5. The number of amides is 2. The van der Waals surface area contributed by atoms with E-state index in [1.165, 1.54) is 30.2 Å². The zero-order chi connectivity index (χ0) is 26.1. The van der Waals surface area contributed by atoms with Crippen molar-refractivity contribution in [3.63, 3.8) is 0 Å². The lowest BCUT2D eigenvalue weighted by Crippen LogP contribution is -2.52. The number of ether oxygens (including phenoxy) is 1. The summed E-state index contributed by atoms with van der Waals surface area (Å²) < 4.78 is 5.58. The van der Waals surface area contributed by atoms with Crippen molar-refractivity contribution in [3.8, 4) is 0 Å². The van der Waals surface area contributed by atoms with Gasteiger partial charge in [-0.1, -0.05) is 25.5 Å². The molecule has 8 nitrogen and oxygen atoms in total. The van der Waals surface area contributed by atoms with E-state index >= 15 is 0 Å². The van der Waals surface area contributed by atoms with Gasteiger partial charge in [0, 0.05) is 36.6 Å². The van der Waals surface area contributed by atoms with Crippen LogP contribution >= 0.6 is 0 Å². The highest BCUT2D eigenvalue weighted by Gasteiger charge is 2.59. The summed E-state index contributed by atoms with van der Waals surface area (Å²) >= 11 is 0. The van der Waals surface area contributed by atoms with Gasteiger partial charge in [0.05, 0.1) is 11.0 Å². The lowest BCUT2D eigenvalue weighted by Gasteiger charge is -2.57. The molecular formula is C29H35N3O5. The Bertz CT molecular complexity index is 1240.